The summed E-state index contributed by atoms with van der Waals surface area (Å²) in [5.41, 5.74) is 5.61. The highest BCUT2D eigenvalue weighted by atomic mass is 16.3. The number of hydrogen-bond acceptors (Lipinski definition) is 5. The fraction of sp³-hybridized carbons (Fsp3) is 0.200. The molecule has 0 bridgehead atoms. The molecule has 140 valence electrons. The first-order valence-corrected chi connectivity index (χ1v) is 8.64. The summed E-state index contributed by atoms with van der Waals surface area (Å²) in [6.45, 7) is 0.463. The molecule has 1 aliphatic heterocycles. The van der Waals surface area contributed by atoms with Gasteiger partial charge in [0, 0.05) is 31.8 Å². The van der Waals surface area contributed by atoms with Crippen LogP contribution in [0.1, 0.15) is 22.5 Å². The highest BCUT2D eigenvalue weighted by Gasteiger charge is 2.42. The third kappa shape index (κ3) is 2.88. The molecule has 1 fully saturated rings. The Bertz CT molecular complexity index is 1170. The number of aromatic nitrogens is 3. The summed E-state index contributed by atoms with van der Waals surface area (Å²) in [5, 5.41) is 15.3. The van der Waals surface area contributed by atoms with Gasteiger partial charge in [0.15, 0.2) is 11.3 Å². The predicted octanol–water partition coefficient (Wildman–Crippen LogP) is 0.464. The molecule has 28 heavy (non-hydrogen) atoms. The molecule has 1 saturated heterocycles. The number of nitrogens with zero attached hydrogens (tertiary/aromatic N) is 4. The number of pyridine rings is 1. The number of carbonyl (C=O) groups excluding carboxylic acids is 2. The van der Waals surface area contributed by atoms with Gasteiger partial charge >= 0.3 is 0 Å². The van der Waals surface area contributed by atoms with E-state index >= 15 is 0 Å². The molecule has 3 N–H and O–H groups in total. The van der Waals surface area contributed by atoms with Gasteiger partial charge in [-0.2, -0.15) is 5.10 Å². The van der Waals surface area contributed by atoms with E-state index in [9.17, 15) is 14.7 Å². The van der Waals surface area contributed by atoms with Crippen LogP contribution in [0.25, 0.3) is 16.7 Å². The minimum absolute atomic E-state index is 0.133. The molecular weight excluding hydrogens is 358 g/mol. The normalized spacial score (nSPS) is 18.9. The molecule has 3 aromatic rings. The Morgan fingerprint density at radius 3 is 2.86 bits per heavy atom. The van der Waals surface area contributed by atoms with Crippen molar-refractivity contribution in [2.75, 3.05) is 13.6 Å². The fourth-order valence-corrected chi connectivity index (χ4v) is 3.17. The van der Waals surface area contributed by atoms with E-state index in [0.717, 1.165) is 0 Å². The monoisotopic (exact) mass is 375 g/mol. The third-order valence-electron chi connectivity index (χ3n) is 4.69. The molecule has 2 aromatic heterocycles. The summed E-state index contributed by atoms with van der Waals surface area (Å²) in [7, 11) is 1.63. The SMILES string of the molecule is CN1CC[C@@](O)(C#Cc2cccc(-n3nc(C(N)=O)c4cccnc43)c2)C1=O. The van der Waals surface area contributed by atoms with Crippen LogP contribution in [0.3, 0.4) is 0 Å². The lowest BCUT2D eigenvalue weighted by atomic mass is 10.0. The van der Waals surface area contributed by atoms with Gasteiger partial charge in [0.1, 0.15) is 0 Å². The predicted molar refractivity (Wildman–Crippen MR) is 101 cm³/mol. The number of benzene rings is 1. The van der Waals surface area contributed by atoms with E-state index < -0.39 is 17.4 Å². The van der Waals surface area contributed by atoms with Gasteiger partial charge in [-0.15, -0.1) is 0 Å². The van der Waals surface area contributed by atoms with Crippen molar-refractivity contribution >= 4 is 22.8 Å². The Hall–Kier alpha value is -3.70. The molecule has 3 heterocycles. The van der Waals surface area contributed by atoms with E-state index in [1.54, 1.807) is 49.6 Å². The van der Waals surface area contributed by atoms with E-state index in [1.807, 2.05) is 0 Å². The van der Waals surface area contributed by atoms with Gasteiger partial charge in [0.05, 0.1) is 11.1 Å². The van der Waals surface area contributed by atoms with Crippen molar-refractivity contribution in [2.24, 2.45) is 5.73 Å². The number of primary amides is 1. The van der Waals surface area contributed by atoms with Crippen molar-refractivity contribution in [1.82, 2.24) is 19.7 Å². The lowest BCUT2D eigenvalue weighted by molar-refractivity contribution is -0.137. The standard InChI is InChI=1S/C20H17N5O3/c1-24-11-9-20(28,19(24)27)8-7-13-4-2-5-14(12-13)25-18-15(6-3-10-22-18)16(23-25)17(21)26/h2-6,10,12,28H,9,11H2,1H3,(H2,21,26)/t20-/m0/s1. The second-order valence-electron chi connectivity index (χ2n) is 6.64. The molecule has 0 saturated carbocycles. The number of likely N-dealkylation sites (tertiary alicyclic amines) is 1. The maximum atomic E-state index is 12.1. The van der Waals surface area contributed by atoms with E-state index in [1.165, 1.54) is 9.58 Å². The molecule has 0 unspecified atom stereocenters. The Morgan fingerprint density at radius 2 is 2.14 bits per heavy atom. The summed E-state index contributed by atoms with van der Waals surface area (Å²) in [6.07, 6.45) is 1.87. The molecule has 1 aliphatic rings. The van der Waals surface area contributed by atoms with E-state index in [4.69, 9.17) is 5.73 Å². The molecule has 8 heteroatoms. The maximum absolute atomic E-state index is 12.1. The first kappa shape index (κ1) is 17.7. The number of nitrogens with two attached hydrogens (primary N) is 1. The van der Waals surface area contributed by atoms with Crippen molar-refractivity contribution in [3.05, 3.63) is 53.9 Å². The number of hydrogen-bond donors (Lipinski definition) is 2. The number of fused-ring (bicyclic) bond motifs is 1. The van der Waals surface area contributed by atoms with Crippen LogP contribution in [0, 0.1) is 11.8 Å². The molecule has 2 amide bonds. The Balaban J connectivity index is 1.76. The van der Waals surface area contributed by atoms with Crippen LogP contribution >= 0.6 is 0 Å². The minimum atomic E-state index is -1.66. The zero-order valence-corrected chi connectivity index (χ0v) is 15.1. The lowest BCUT2D eigenvalue weighted by Crippen LogP contribution is -2.37. The van der Waals surface area contributed by atoms with Gasteiger partial charge in [-0.1, -0.05) is 17.9 Å². The first-order valence-electron chi connectivity index (χ1n) is 8.64. The van der Waals surface area contributed by atoms with Crippen molar-refractivity contribution in [2.45, 2.75) is 12.0 Å². The highest BCUT2D eigenvalue weighted by molar-refractivity contribution is 6.03. The summed E-state index contributed by atoms with van der Waals surface area (Å²) in [5.74, 6) is 4.52. The zero-order valence-electron chi connectivity index (χ0n) is 15.1. The lowest BCUT2D eigenvalue weighted by Gasteiger charge is -2.13. The van der Waals surface area contributed by atoms with Crippen LogP contribution in [0.4, 0.5) is 0 Å². The average Bonchev–Trinajstić information content (AvgIpc) is 3.21. The van der Waals surface area contributed by atoms with E-state index in [0.29, 0.717) is 28.8 Å². The summed E-state index contributed by atoms with van der Waals surface area (Å²) in [6, 6.07) is 10.5. The smallest absolute Gasteiger partial charge is 0.269 e. The van der Waals surface area contributed by atoms with Gasteiger partial charge in [-0.3, -0.25) is 9.59 Å². The number of carbonyl (C=O) groups is 2. The van der Waals surface area contributed by atoms with Crippen LogP contribution in [0.15, 0.2) is 42.6 Å². The summed E-state index contributed by atoms with van der Waals surface area (Å²) >= 11 is 0. The number of aliphatic hydroxyl groups is 1. The molecule has 4 rings (SSSR count). The van der Waals surface area contributed by atoms with Crippen LogP contribution in [-0.4, -0.2) is 55.8 Å². The van der Waals surface area contributed by atoms with Crippen molar-refractivity contribution in [1.29, 1.82) is 0 Å². The van der Waals surface area contributed by atoms with Gasteiger partial charge < -0.3 is 15.7 Å². The number of amides is 2. The second-order valence-corrected chi connectivity index (χ2v) is 6.64. The summed E-state index contributed by atoms with van der Waals surface area (Å²) < 4.78 is 1.52. The maximum Gasteiger partial charge on any atom is 0.269 e. The zero-order chi connectivity index (χ0) is 19.9. The highest BCUT2D eigenvalue weighted by Crippen LogP contribution is 2.22. The number of rotatable bonds is 2. The molecule has 0 spiro atoms. The third-order valence-corrected chi connectivity index (χ3v) is 4.69. The van der Waals surface area contributed by atoms with Crippen molar-refractivity contribution in [3.8, 4) is 17.5 Å². The molecule has 0 radical (unpaired) electrons. The Labute approximate surface area is 160 Å². The Morgan fingerprint density at radius 1 is 1.32 bits per heavy atom. The largest absolute Gasteiger partial charge is 0.369 e. The topological polar surface area (TPSA) is 114 Å². The van der Waals surface area contributed by atoms with Crippen LogP contribution < -0.4 is 5.73 Å². The van der Waals surface area contributed by atoms with Gasteiger partial charge in [0.2, 0.25) is 5.60 Å². The number of likely N-dealkylation sites (N-methyl/N-ethyl adjacent to an activating group) is 1. The van der Waals surface area contributed by atoms with Gasteiger partial charge in [-0.25, -0.2) is 9.67 Å². The molecular formula is C20H17N5O3. The molecule has 1 atom stereocenters. The van der Waals surface area contributed by atoms with E-state index in [-0.39, 0.29) is 12.1 Å². The van der Waals surface area contributed by atoms with Crippen LogP contribution in [0.2, 0.25) is 0 Å². The van der Waals surface area contributed by atoms with Crippen LogP contribution in [-0.2, 0) is 4.79 Å². The minimum Gasteiger partial charge on any atom is -0.369 e. The molecule has 8 nitrogen and oxygen atoms in total. The van der Waals surface area contributed by atoms with E-state index in [2.05, 4.69) is 21.9 Å². The van der Waals surface area contributed by atoms with Crippen molar-refractivity contribution < 1.29 is 14.7 Å². The van der Waals surface area contributed by atoms with Gasteiger partial charge in [-0.05, 0) is 30.3 Å². The summed E-state index contributed by atoms with van der Waals surface area (Å²) in [4.78, 5) is 29.5. The van der Waals surface area contributed by atoms with Gasteiger partial charge in [0.25, 0.3) is 11.8 Å². The second kappa shape index (κ2) is 6.48. The van der Waals surface area contributed by atoms with Crippen molar-refractivity contribution in [3.63, 3.8) is 0 Å². The molecule has 0 aliphatic carbocycles. The average molecular weight is 375 g/mol. The fourth-order valence-electron chi connectivity index (χ4n) is 3.17. The molecule has 1 aromatic carbocycles. The van der Waals surface area contributed by atoms with Crippen LogP contribution in [0.5, 0.6) is 0 Å². The quantitative estimate of drug-likeness (QED) is 0.632. The Kier molecular flexibility index (Phi) is 4.09. The first-order chi connectivity index (χ1) is 13.4.